The molecule has 3 aromatic rings. The van der Waals surface area contributed by atoms with Gasteiger partial charge in [0, 0.05) is 23.9 Å². The summed E-state index contributed by atoms with van der Waals surface area (Å²) in [6.45, 7) is 1.87. The first-order valence-electron chi connectivity index (χ1n) is 11.1. The molecule has 0 spiro atoms. The van der Waals surface area contributed by atoms with Crippen molar-refractivity contribution in [1.29, 1.82) is 0 Å². The number of carbonyl (C=O) groups excluding carboxylic acids is 2. The standard InChI is InChI=1S/C26H24N2O5S/c1-26(11-12-26)34(31,32)28-25(30)21-8-3-2-7-20(21)17-9-10-22-23(15-17)33-16-18(24(22)29)14-19-6-4-5-13-27-19/h2-10,13,15,18H,11-12,14,16H2,1H3,(H,28,30)/t18-/m1/s1. The number of sulfonamides is 1. The Morgan fingerprint density at radius 1 is 1.09 bits per heavy atom. The Balaban J connectivity index is 1.40. The largest absolute Gasteiger partial charge is 0.492 e. The van der Waals surface area contributed by atoms with Crippen molar-refractivity contribution < 1.29 is 22.7 Å². The van der Waals surface area contributed by atoms with Gasteiger partial charge < -0.3 is 4.74 Å². The lowest BCUT2D eigenvalue weighted by atomic mass is 9.89. The van der Waals surface area contributed by atoms with Crippen molar-refractivity contribution >= 4 is 21.7 Å². The van der Waals surface area contributed by atoms with Gasteiger partial charge in [0.1, 0.15) is 5.75 Å². The minimum absolute atomic E-state index is 0.00625. The van der Waals surface area contributed by atoms with E-state index >= 15 is 0 Å². The van der Waals surface area contributed by atoms with Crippen LogP contribution in [0.3, 0.4) is 0 Å². The Labute approximate surface area is 198 Å². The number of amides is 1. The summed E-state index contributed by atoms with van der Waals surface area (Å²) in [5, 5.41) is 0. The molecule has 0 saturated heterocycles. The lowest BCUT2D eigenvalue weighted by molar-refractivity contribution is 0.0829. The van der Waals surface area contributed by atoms with Crippen LogP contribution in [0.1, 0.15) is 46.2 Å². The van der Waals surface area contributed by atoms with Crippen LogP contribution in [-0.4, -0.2) is 36.4 Å². The number of pyridine rings is 1. The van der Waals surface area contributed by atoms with E-state index in [2.05, 4.69) is 9.71 Å². The van der Waals surface area contributed by atoms with Crippen molar-refractivity contribution in [2.24, 2.45) is 5.92 Å². The number of nitrogens with one attached hydrogen (secondary N) is 1. The molecule has 1 atom stereocenters. The summed E-state index contributed by atoms with van der Waals surface area (Å²) < 4.78 is 32.4. The fourth-order valence-corrected chi connectivity index (χ4v) is 5.34. The number of hydrogen-bond acceptors (Lipinski definition) is 6. The van der Waals surface area contributed by atoms with Gasteiger partial charge in [-0.2, -0.15) is 0 Å². The van der Waals surface area contributed by atoms with E-state index < -0.39 is 20.7 Å². The average Bonchev–Trinajstić information content (AvgIpc) is 3.60. The fraction of sp³-hybridized carbons (Fsp3) is 0.269. The molecular weight excluding hydrogens is 452 g/mol. The Morgan fingerprint density at radius 3 is 2.59 bits per heavy atom. The molecule has 7 nitrogen and oxygen atoms in total. The summed E-state index contributed by atoms with van der Waals surface area (Å²) in [7, 11) is -3.76. The molecule has 8 heteroatoms. The zero-order valence-corrected chi connectivity index (χ0v) is 19.5. The van der Waals surface area contributed by atoms with Crippen molar-refractivity contribution in [3.8, 4) is 16.9 Å². The Morgan fingerprint density at radius 2 is 1.85 bits per heavy atom. The molecule has 5 rings (SSSR count). The third-order valence-corrected chi connectivity index (χ3v) is 8.71. The van der Waals surface area contributed by atoms with Gasteiger partial charge in [-0.15, -0.1) is 0 Å². The molecule has 1 aliphatic carbocycles. The highest BCUT2D eigenvalue weighted by Crippen LogP contribution is 2.42. The van der Waals surface area contributed by atoms with Gasteiger partial charge in [0.2, 0.25) is 10.0 Å². The van der Waals surface area contributed by atoms with E-state index in [4.69, 9.17) is 4.74 Å². The highest BCUT2D eigenvalue weighted by Gasteiger charge is 2.51. The monoisotopic (exact) mass is 476 g/mol. The lowest BCUT2D eigenvalue weighted by Crippen LogP contribution is -2.38. The summed E-state index contributed by atoms with van der Waals surface area (Å²) in [6, 6.07) is 17.6. The predicted molar refractivity (Wildman–Crippen MR) is 127 cm³/mol. The first kappa shape index (κ1) is 22.3. The topological polar surface area (TPSA) is 102 Å². The Kier molecular flexibility index (Phi) is 5.48. The molecule has 174 valence electrons. The van der Waals surface area contributed by atoms with Crippen molar-refractivity contribution in [2.75, 3.05) is 6.61 Å². The number of hydrogen-bond donors (Lipinski definition) is 1. The molecular formula is C26H24N2O5S. The number of ether oxygens (including phenoxy) is 1. The zero-order chi connectivity index (χ0) is 23.9. The molecule has 34 heavy (non-hydrogen) atoms. The van der Waals surface area contributed by atoms with Gasteiger partial charge in [0.05, 0.1) is 22.8 Å². The quantitative estimate of drug-likeness (QED) is 0.581. The van der Waals surface area contributed by atoms with Crippen LogP contribution in [0.25, 0.3) is 11.1 Å². The number of carbonyl (C=O) groups is 2. The molecule has 0 unspecified atom stereocenters. The van der Waals surface area contributed by atoms with E-state index in [1.165, 1.54) is 0 Å². The van der Waals surface area contributed by atoms with E-state index in [0.29, 0.717) is 41.7 Å². The van der Waals surface area contributed by atoms with Crippen LogP contribution in [0.4, 0.5) is 0 Å². The molecule has 1 aromatic heterocycles. The van der Waals surface area contributed by atoms with Crippen LogP contribution in [-0.2, 0) is 16.4 Å². The van der Waals surface area contributed by atoms with Crippen LogP contribution >= 0.6 is 0 Å². The number of fused-ring (bicyclic) bond motifs is 1. The molecule has 1 fully saturated rings. The van der Waals surface area contributed by atoms with Gasteiger partial charge in [-0.25, -0.2) is 13.1 Å². The summed E-state index contributed by atoms with van der Waals surface area (Å²) in [5.74, 6) is -0.546. The maximum absolute atomic E-state index is 13.1. The SMILES string of the molecule is CC1(S(=O)(=O)NC(=O)c2ccccc2-c2ccc3c(c2)OC[C@@H](Cc2ccccn2)C3=O)CC1. The van der Waals surface area contributed by atoms with E-state index in [1.807, 2.05) is 18.2 Å². The summed E-state index contributed by atoms with van der Waals surface area (Å²) in [4.78, 5) is 30.3. The molecule has 1 saturated carbocycles. The lowest BCUT2D eigenvalue weighted by Gasteiger charge is -2.24. The summed E-state index contributed by atoms with van der Waals surface area (Å²) in [5.41, 5.74) is 2.79. The van der Waals surface area contributed by atoms with Gasteiger partial charge in [-0.05, 0) is 61.2 Å². The number of Topliss-reactive ketones (excluding diaryl/α,β-unsaturated/α-hetero) is 1. The number of rotatable bonds is 6. The van der Waals surface area contributed by atoms with E-state index in [1.54, 1.807) is 55.6 Å². The first-order chi connectivity index (χ1) is 16.3. The predicted octanol–water partition coefficient (Wildman–Crippen LogP) is 3.79. The third-order valence-electron chi connectivity index (χ3n) is 6.55. The molecule has 2 aromatic carbocycles. The number of benzene rings is 2. The molecule has 1 amide bonds. The van der Waals surface area contributed by atoms with Crippen molar-refractivity contribution in [3.63, 3.8) is 0 Å². The molecule has 1 N–H and O–H groups in total. The van der Waals surface area contributed by atoms with Crippen LogP contribution in [0, 0.1) is 5.92 Å². The third kappa shape index (κ3) is 4.09. The highest BCUT2D eigenvalue weighted by molar-refractivity contribution is 7.91. The number of ketones is 1. The maximum Gasteiger partial charge on any atom is 0.265 e. The maximum atomic E-state index is 13.1. The highest BCUT2D eigenvalue weighted by atomic mass is 32.2. The van der Waals surface area contributed by atoms with E-state index in [0.717, 1.165) is 5.69 Å². The van der Waals surface area contributed by atoms with Crippen LogP contribution in [0.2, 0.25) is 0 Å². The summed E-state index contributed by atoms with van der Waals surface area (Å²) in [6.07, 6.45) is 3.27. The second-order valence-electron chi connectivity index (χ2n) is 9.04. The molecule has 0 bridgehead atoms. The minimum atomic E-state index is -3.76. The van der Waals surface area contributed by atoms with Crippen LogP contribution < -0.4 is 9.46 Å². The Bertz CT molecular complexity index is 1380. The minimum Gasteiger partial charge on any atom is -0.492 e. The van der Waals surface area contributed by atoms with Crippen molar-refractivity contribution in [1.82, 2.24) is 9.71 Å². The molecule has 2 aliphatic rings. The molecule has 2 heterocycles. The van der Waals surface area contributed by atoms with Crippen LogP contribution in [0.15, 0.2) is 66.9 Å². The van der Waals surface area contributed by atoms with Crippen molar-refractivity contribution in [3.05, 3.63) is 83.7 Å². The van der Waals surface area contributed by atoms with E-state index in [-0.39, 0.29) is 23.9 Å². The summed E-state index contributed by atoms with van der Waals surface area (Å²) >= 11 is 0. The Hall–Kier alpha value is -3.52. The second-order valence-corrected chi connectivity index (χ2v) is 11.2. The smallest absolute Gasteiger partial charge is 0.265 e. The van der Waals surface area contributed by atoms with Gasteiger partial charge in [-0.1, -0.05) is 30.3 Å². The van der Waals surface area contributed by atoms with Gasteiger partial charge >= 0.3 is 0 Å². The van der Waals surface area contributed by atoms with Gasteiger partial charge in [0.15, 0.2) is 5.78 Å². The van der Waals surface area contributed by atoms with Crippen LogP contribution in [0.5, 0.6) is 5.75 Å². The van der Waals surface area contributed by atoms with E-state index in [9.17, 15) is 18.0 Å². The fourth-order valence-electron chi connectivity index (χ4n) is 4.10. The average molecular weight is 477 g/mol. The van der Waals surface area contributed by atoms with Crippen molar-refractivity contribution in [2.45, 2.75) is 30.9 Å². The molecule has 1 aliphatic heterocycles. The number of nitrogens with zero attached hydrogens (tertiary/aromatic N) is 1. The zero-order valence-electron chi connectivity index (χ0n) is 18.7. The molecule has 0 radical (unpaired) electrons. The van der Waals surface area contributed by atoms with Gasteiger partial charge in [-0.3, -0.25) is 14.6 Å². The second kappa shape index (κ2) is 8.36. The van der Waals surface area contributed by atoms with Gasteiger partial charge in [0.25, 0.3) is 5.91 Å². The first-order valence-corrected chi connectivity index (χ1v) is 12.6. The number of aromatic nitrogens is 1. The normalized spacial score (nSPS) is 18.5.